The molecule has 38 heavy (non-hydrogen) atoms. The van der Waals surface area contributed by atoms with Gasteiger partial charge in [-0.2, -0.15) is 4.31 Å². The summed E-state index contributed by atoms with van der Waals surface area (Å²) in [7, 11) is -3.59. The molecule has 1 N–H and O–H groups in total. The van der Waals surface area contributed by atoms with Gasteiger partial charge in [0.2, 0.25) is 15.9 Å². The van der Waals surface area contributed by atoms with Crippen LogP contribution in [0.4, 0.5) is 5.69 Å². The van der Waals surface area contributed by atoms with Crippen molar-refractivity contribution >= 4 is 53.9 Å². The predicted molar refractivity (Wildman–Crippen MR) is 152 cm³/mol. The molecule has 0 saturated carbocycles. The Bertz CT molecular complexity index is 1800. The minimum atomic E-state index is -3.59. The molecule has 0 radical (unpaired) electrons. The molecule has 2 heterocycles. The lowest BCUT2D eigenvalue weighted by Crippen LogP contribution is -2.30. The van der Waals surface area contributed by atoms with Gasteiger partial charge in [0.25, 0.3) is 5.56 Å². The maximum atomic E-state index is 13.4. The first-order valence-corrected chi connectivity index (χ1v) is 14.5. The quantitative estimate of drug-likeness (QED) is 0.297. The number of carbonyl (C=O) groups is 1. The molecule has 0 spiro atoms. The van der Waals surface area contributed by atoms with E-state index in [0.717, 1.165) is 21.9 Å². The van der Waals surface area contributed by atoms with Crippen LogP contribution in [-0.2, 0) is 21.4 Å². The average molecular weight is 547 g/mol. The van der Waals surface area contributed by atoms with Crippen LogP contribution in [0.25, 0.3) is 32.1 Å². The van der Waals surface area contributed by atoms with E-state index >= 15 is 0 Å². The minimum Gasteiger partial charge on any atom is -0.325 e. The van der Waals surface area contributed by atoms with Crippen molar-refractivity contribution in [1.82, 2.24) is 13.9 Å². The number of nitrogens with one attached hydrogen (secondary N) is 1. The highest BCUT2D eigenvalue weighted by atomic mass is 32.2. The van der Waals surface area contributed by atoms with E-state index in [0.29, 0.717) is 29.0 Å². The molecule has 8 nitrogen and oxygen atoms in total. The van der Waals surface area contributed by atoms with Crippen LogP contribution in [0.3, 0.4) is 0 Å². The maximum Gasteiger partial charge on any atom is 0.263 e. The minimum absolute atomic E-state index is 0.156. The van der Waals surface area contributed by atoms with Crippen molar-refractivity contribution in [2.75, 3.05) is 18.4 Å². The van der Waals surface area contributed by atoms with Crippen molar-refractivity contribution in [3.8, 4) is 11.1 Å². The summed E-state index contributed by atoms with van der Waals surface area (Å²) in [4.78, 5) is 31.3. The van der Waals surface area contributed by atoms with Crippen molar-refractivity contribution in [1.29, 1.82) is 0 Å². The number of anilines is 1. The van der Waals surface area contributed by atoms with Gasteiger partial charge < -0.3 is 5.32 Å². The van der Waals surface area contributed by atoms with Gasteiger partial charge in [0, 0.05) is 29.7 Å². The number of carbonyl (C=O) groups excluding carboxylic acids is 1. The Labute approximate surface area is 224 Å². The van der Waals surface area contributed by atoms with Gasteiger partial charge >= 0.3 is 0 Å². The normalized spacial score (nSPS) is 11.9. The molecule has 0 bridgehead atoms. The van der Waals surface area contributed by atoms with E-state index in [2.05, 4.69) is 10.3 Å². The first-order valence-electron chi connectivity index (χ1n) is 12.2. The Kier molecular flexibility index (Phi) is 7.11. The molecule has 194 valence electrons. The van der Waals surface area contributed by atoms with Crippen LogP contribution in [0.5, 0.6) is 0 Å². The highest BCUT2D eigenvalue weighted by Crippen LogP contribution is 2.32. The Morgan fingerprint density at radius 3 is 2.42 bits per heavy atom. The van der Waals surface area contributed by atoms with E-state index in [1.165, 1.54) is 50.8 Å². The summed E-state index contributed by atoms with van der Waals surface area (Å²) in [6.45, 7) is 4.08. The monoisotopic (exact) mass is 546 g/mol. The molecule has 10 heteroatoms. The van der Waals surface area contributed by atoms with Crippen LogP contribution in [0.1, 0.15) is 13.8 Å². The fourth-order valence-electron chi connectivity index (χ4n) is 4.43. The second kappa shape index (κ2) is 10.5. The molecule has 1 amide bonds. The van der Waals surface area contributed by atoms with Gasteiger partial charge in [0.1, 0.15) is 11.4 Å². The third-order valence-corrected chi connectivity index (χ3v) is 9.37. The Morgan fingerprint density at radius 2 is 1.71 bits per heavy atom. The highest BCUT2D eigenvalue weighted by Gasteiger charge is 2.21. The van der Waals surface area contributed by atoms with Crippen molar-refractivity contribution in [2.24, 2.45) is 0 Å². The molecular weight excluding hydrogens is 520 g/mol. The predicted octanol–water partition coefficient (Wildman–Crippen LogP) is 4.95. The number of aromatic nitrogens is 2. The summed E-state index contributed by atoms with van der Waals surface area (Å²) in [5, 5.41) is 7.31. The molecule has 5 rings (SSSR count). The smallest absolute Gasteiger partial charge is 0.263 e. The van der Waals surface area contributed by atoms with Crippen molar-refractivity contribution in [2.45, 2.75) is 25.3 Å². The van der Waals surface area contributed by atoms with E-state index in [1.54, 1.807) is 13.8 Å². The number of fused-ring (bicyclic) bond motifs is 2. The number of thiophene rings is 1. The van der Waals surface area contributed by atoms with Gasteiger partial charge in [-0.1, -0.05) is 50.2 Å². The number of hydrogen-bond acceptors (Lipinski definition) is 6. The van der Waals surface area contributed by atoms with Crippen LogP contribution in [0, 0.1) is 0 Å². The number of rotatable bonds is 8. The lowest BCUT2D eigenvalue weighted by atomic mass is 10.0. The van der Waals surface area contributed by atoms with Gasteiger partial charge in [-0.05, 0) is 46.7 Å². The number of sulfonamides is 1. The average Bonchev–Trinajstić information content (AvgIpc) is 3.36. The first-order chi connectivity index (χ1) is 18.3. The Balaban J connectivity index is 1.37. The fraction of sp³-hybridized carbons (Fsp3) is 0.179. The van der Waals surface area contributed by atoms with Crippen LogP contribution in [0.15, 0.2) is 88.1 Å². The zero-order chi connectivity index (χ0) is 26.9. The molecule has 5 aromatic rings. The SMILES string of the molecule is CCN(CC)S(=O)(=O)c1ccc(NC(=O)Cn2cnc3scc(-c4ccc5ccccc5c4)c3c2=O)cc1. The van der Waals surface area contributed by atoms with E-state index < -0.39 is 15.9 Å². The molecule has 3 aromatic carbocycles. The summed E-state index contributed by atoms with van der Waals surface area (Å²) < 4.78 is 28.0. The topological polar surface area (TPSA) is 101 Å². The van der Waals surface area contributed by atoms with Gasteiger partial charge in [-0.25, -0.2) is 13.4 Å². The largest absolute Gasteiger partial charge is 0.325 e. The van der Waals surface area contributed by atoms with Crippen LogP contribution >= 0.6 is 11.3 Å². The highest BCUT2D eigenvalue weighted by molar-refractivity contribution is 7.89. The number of hydrogen-bond donors (Lipinski definition) is 1. The molecule has 0 fully saturated rings. The zero-order valence-electron chi connectivity index (χ0n) is 20.9. The fourth-order valence-corrected chi connectivity index (χ4v) is 6.79. The van der Waals surface area contributed by atoms with E-state index in [4.69, 9.17) is 0 Å². The number of nitrogens with zero attached hydrogens (tertiary/aromatic N) is 3. The van der Waals surface area contributed by atoms with Crippen LogP contribution in [-0.4, -0.2) is 41.3 Å². The summed E-state index contributed by atoms with van der Waals surface area (Å²) in [5.74, 6) is -0.421. The molecule has 0 aliphatic rings. The lowest BCUT2D eigenvalue weighted by Gasteiger charge is -2.18. The summed E-state index contributed by atoms with van der Waals surface area (Å²) >= 11 is 1.39. The van der Waals surface area contributed by atoms with Crippen LogP contribution in [0.2, 0.25) is 0 Å². The summed E-state index contributed by atoms with van der Waals surface area (Å²) in [6, 6.07) is 20.1. The van der Waals surface area contributed by atoms with Gasteiger partial charge in [0.05, 0.1) is 16.6 Å². The maximum absolute atomic E-state index is 13.4. The molecule has 2 aromatic heterocycles. The molecule has 0 unspecified atom stereocenters. The van der Waals surface area contributed by atoms with Crippen LogP contribution < -0.4 is 10.9 Å². The summed E-state index contributed by atoms with van der Waals surface area (Å²) in [6.07, 6.45) is 1.38. The number of benzene rings is 3. The van der Waals surface area contributed by atoms with E-state index in [9.17, 15) is 18.0 Å². The van der Waals surface area contributed by atoms with Gasteiger partial charge in [0.15, 0.2) is 0 Å². The van der Waals surface area contributed by atoms with Crippen molar-refractivity contribution in [3.05, 3.63) is 88.8 Å². The third kappa shape index (κ3) is 4.85. The Hall–Kier alpha value is -3.86. The molecule has 0 saturated heterocycles. The molecule has 0 aliphatic heterocycles. The third-order valence-electron chi connectivity index (χ3n) is 6.42. The number of amides is 1. The molecule has 0 aliphatic carbocycles. The Morgan fingerprint density at radius 1 is 1.00 bits per heavy atom. The standard InChI is InChI=1S/C28H26N4O4S2/c1-3-32(4-2)38(35,36)23-13-11-22(12-14-23)30-25(33)16-31-18-29-27-26(28(31)34)24(17-37-27)21-10-9-19-7-5-6-8-20(19)15-21/h5-15,17-18H,3-4,16H2,1-2H3,(H,30,33). The van der Waals surface area contributed by atoms with Gasteiger partial charge in [-0.3, -0.25) is 14.2 Å². The molecule has 0 atom stereocenters. The first kappa shape index (κ1) is 25.8. The summed E-state index contributed by atoms with van der Waals surface area (Å²) in [5.41, 5.74) is 1.84. The van der Waals surface area contributed by atoms with E-state index in [1.807, 2.05) is 47.8 Å². The van der Waals surface area contributed by atoms with Crippen molar-refractivity contribution in [3.63, 3.8) is 0 Å². The lowest BCUT2D eigenvalue weighted by molar-refractivity contribution is -0.116. The zero-order valence-corrected chi connectivity index (χ0v) is 22.6. The molecular formula is C28H26N4O4S2. The van der Waals surface area contributed by atoms with Gasteiger partial charge in [-0.15, -0.1) is 11.3 Å². The van der Waals surface area contributed by atoms with E-state index in [-0.39, 0.29) is 17.0 Å². The second-order valence-corrected chi connectivity index (χ2v) is 11.5. The second-order valence-electron chi connectivity index (χ2n) is 8.73. The van der Waals surface area contributed by atoms with Crippen molar-refractivity contribution < 1.29 is 13.2 Å².